The molecule has 8 heteroatoms. The zero-order valence-electron chi connectivity index (χ0n) is 15.2. The minimum atomic E-state index is -1.52. The van der Waals surface area contributed by atoms with E-state index < -0.39 is 24.9 Å². The zero-order valence-corrected chi connectivity index (χ0v) is 16.0. The van der Waals surface area contributed by atoms with Gasteiger partial charge in [-0.25, -0.2) is 5.01 Å². The lowest BCUT2D eigenvalue weighted by Gasteiger charge is -2.26. The Hall–Kier alpha value is -2.03. The summed E-state index contributed by atoms with van der Waals surface area (Å²) >= 11 is 5.86. The molecular formula is C19H24ClN3O4. The highest BCUT2D eigenvalue weighted by Crippen LogP contribution is 2.23. The molecule has 0 amide bonds. The van der Waals surface area contributed by atoms with Crippen LogP contribution < -0.4 is 5.01 Å². The first-order valence-corrected chi connectivity index (χ1v) is 8.86. The van der Waals surface area contributed by atoms with Gasteiger partial charge in [0, 0.05) is 5.02 Å². The van der Waals surface area contributed by atoms with E-state index in [1.807, 2.05) is 32.0 Å². The van der Waals surface area contributed by atoms with Gasteiger partial charge in [-0.15, -0.1) is 5.11 Å². The Balaban J connectivity index is 2.27. The summed E-state index contributed by atoms with van der Waals surface area (Å²) in [4.78, 5) is 0. The molecule has 0 aromatic heterocycles. The van der Waals surface area contributed by atoms with Gasteiger partial charge in [-0.1, -0.05) is 22.9 Å². The summed E-state index contributed by atoms with van der Waals surface area (Å²) in [5, 5.41) is 49.0. The number of hydrogen-bond donors (Lipinski definition) is 4. The highest BCUT2D eigenvalue weighted by atomic mass is 35.5. The number of benzene rings is 2. The van der Waals surface area contributed by atoms with Crippen LogP contribution in [-0.2, 0) is 0 Å². The molecule has 7 nitrogen and oxygen atoms in total. The minimum Gasteiger partial charge on any atom is -0.394 e. The zero-order chi connectivity index (χ0) is 20.0. The fourth-order valence-electron chi connectivity index (χ4n) is 2.34. The number of anilines is 1. The van der Waals surface area contributed by atoms with Crippen molar-refractivity contribution < 1.29 is 20.4 Å². The SMILES string of the molecule is Cc1ccc(N(C[C@@H](O)[C@H](O)[C@@H](O)CO)N=Nc2ccc(Cl)cc2)cc1C. The molecule has 0 fully saturated rings. The Morgan fingerprint density at radius 2 is 1.63 bits per heavy atom. The Kier molecular flexibility index (Phi) is 7.70. The topological polar surface area (TPSA) is 109 Å². The number of aliphatic hydroxyl groups is 4. The van der Waals surface area contributed by atoms with E-state index in [0.29, 0.717) is 16.4 Å². The molecule has 0 unspecified atom stereocenters. The minimum absolute atomic E-state index is 0.127. The molecular weight excluding hydrogens is 370 g/mol. The van der Waals surface area contributed by atoms with E-state index in [1.165, 1.54) is 5.01 Å². The van der Waals surface area contributed by atoms with E-state index >= 15 is 0 Å². The average molecular weight is 394 g/mol. The molecule has 146 valence electrons. The molecule has 3 atom stereocenters. The number of rotatable bonds is 8. The van der Waals surface area contributed by atoms with Crippen LogP contribution in [0.25, 0.3) is 0 Å². The fourth-order valence-corrected chi connectivity index (χ4v) is 2.47. The van der Waals surface area contributed by atoms with Gasteiger partial charge in [0.15, 0.2) is 0 Å². The molecule has 0 spiro atoms. The third kappa shape index (κ3) is 5.98. The van der Waals surface area contributed by atoms with Crippen molar-refractivity contribution in [2.24, 2.45) is 10.3 Å². The van der Waals surface area contributed by atoms with Crippen LogP contribution in [0.15, 0.2) is 52.8 Å². The van der Waals surface area contributed by atoms with Crippen molar-refractivity contribution in [3.63, 3.8) is 0 Å². The molecule has 0 aliphatic rings. The molecule has 0 radical (unpaired) electrons. The van der Waals surface area contributed by atoms with Crippen molar-refractivity contribution in [2.75, 3.05) is 18.2 Å². The second-order valence-corrected chi connectivity index (χ2v) is 6.76. The summed E-state index contributed by atoms with van der Waals surface area (Å²) in [6.45, 7) is 3.15. The summed E-state index contributed by atoms with van der Waals surface area (Å²) < 4.78 is 0. The molecule has 4 N–H and O–H groups in total. The molecule has 0 aliphatic heterocycles. The molecule has 2 aromatic rings. The van der Waals surface area contributed by atoms with Gasteiger partial charge in [0.2, 0.25) is 0 Å². The largest absolute Gasteiger partial charge is 0.394 e. The molecule has 0 heterocycles. The lowest BCUT2D eigenvalue weighted by atomic mass is 10.1. The lowest BCUT2D eigenvalue weighted by molar-refractivity contribution is -0.0732. The number of nitrogens with zero attached hydrogens (tertiary/aromatic N) is 3. The van der Waals surface area contributed by atoms with Crippen molar-refractivity contribution in [3.05, 3.63) is 58.6 Å². The molecule has 0 bridgehead atoms. The molecule has 2 rings (SSSR count). The fraction of sp³-hybridized carbons (Fsp3) is 0.368. The maximum absolute atomic E-state index is 10.2. The average Bonchev–Trinajstić information content (AvgIpc) is 2.67. The van der Waals surface area contributed by atoms with Crippen molar-refractivity contribution in [2.45, 2.75) is 32.2 Å². The Bertz CT molecular complexity index is 770. The number of hydrogen-bond acceptors (Lipinski definition) is 6. The maximum Gasteiger partial charge on any atom is 0.110 e. The first-order valence-electron chi connectivity index (χ1n) is 8.49. The summed E-state index contributed by atoms with van der Waals surface area (Å²) in [7, 11) is 0. The van der Waals surface area contributed by atoms with Gasteiger partial charge in [-0.3, -0.25) is 0 Å². The van der Waals surface area contributed by atoms with Crippen molar-refractivity contribution in [3.8, 4) is 0 Å². The van der Waals surface area contributed by atoms with E-state index in [1.54, 1.807) is 24.3 Å². The van der Waals surface area contributed by atoms with E-state index in [2.05, 4.69) is 10.3 Å². The van der Waals surface area contributed by atoms with Crippen LogP contribution in [0.5, 0.6) is 0 Å². The molecule has 0 aliphatic carbocycles. The standard InChI is InChI=1S/C19H24ClN3O4/c1-12-3-8-16(9-13(12)2)23(10-17(25)19(27)18(26)11-24)22-21-15-6-4-14(20)5-7-15/h3-9,17-19,24-27H,10-11H2,1-2H3/t17-,18+,19+/m1/s1. The van der Waals surface area contributed by atoms with Gasteiger partial charge >= 0.3 is 0 Å². The van der Waals surface area contributed by atoms with Gasteiger partial charge in [0.05, 0.1) is 24.5 Å². The van der Waals surface area contributed by atoms with Crippen LogP contribution in [0.2, 0.25) is 5.02 Å². The van der Waals surface area contributed by atoms with Crippen LogP contribution in [0.4, 0.5) is 11.4 Å². The molecule has 0 saturated heterocycles. The second kappa shape index (κ2) is 9.77. The molecule has 27 heavy (non-hydrogen) atoms. The normalized spacial score (nSPS) is 14.9. The number of aliphatic hydroxyl groups excluding tert-OH is 4. The van der Waals surface area contributed by atoms with Crippen LogP contribution in [-0.4, -0.2) is 51.9 Å². The highest BCUT2D eigenvalue weighted by molar-refractivity contribution is 6.30. The lowest BCUT2D eigenvalue weighted by Crippen LogP contribution is -2.44. The summed E-state index contributed by atoms with van der Waals surface area (Å²) in [5.41, 5.74) is 3.37. The van der Waals surface area contributed by atoms with Gasteiger partial charge < -0.3 is 20.4 Å². The van der Waals surface area contributed by atoms with E-state index in [-0.39, 0.29) is 6.54 Å². The van der Waals surface area contributed by atoms with Crippen molar-refractivity contribution in [1.29, 1.82) is 0 Å². The van der Waals surface area contributed by atoms with Gasteiger partial charge in [0.1, 0.15) is 18.3 Å². The van der Waals surface area contributed by atoms with Crippen molar-refractivity contribution >= 4 is 23.0 Å². The van der Waals surface area contributed by atoms with Crippen LogP contribution in [0.1, 0.15) is 11.1 Å². The van der Waals surface area contributed by atoms with Crippen LogP contribution in [0.3, 0.4) is 0 Å². The van der Waals surface area contributed by atoms with E-state index in [4.69, 9.17) is 16.7 Å². The summed E-state index contributed by atoms with van der Waals surface area (Å²) in [5.74, 6) is 0. The van der Waals surface area contributed by atoms with Gasteiger partial charge in [0.25, 0.3) is 0 Å². The Morgan fingerprint density at radius 3 is 2.22 bits per heavy atom. The number of aryl methyl sites for hydroxylation is 2. The first kappa shape index (κ1) is 21.3. The molecule has 0 saturated carbocycles. The first-order chi connectivity index (χ1) is 12.8. The van der Waals surface area contributed by atoms with Crippen LogP contribution in [0, 0.1) is 13.8 Å². The predicted molar refractivity (Wildman–Crippen MR) is 104 cm³/mol. The third-order valence-corrected chi connectivity index (χ3v) is 4.47. The summed E-state index contributed by atoms with van der Waals surface area (Å²) in [6.07, 6.45) is -4.32. The Labute approximate surface area is 163 Å². The monoisotopic (exact) mass is 393 g/mol. The highest BCUT2D eigenvalue weighted by Gasteiger charge is 2.26. The van der Waals surface area contributed by atoms with Gasteiger partial charge in [-0.05, 0) is 61.4 Å². The Morgan fingerprint density at radius 1 is 0.963 bits per heavy atom. The predicted octanol–water partition coefficient (Wildman–Crippen LogP) is 2.54. The maximum atomic E-state index is 10.2. The molecule has 2 aromatic carbocycles. The van der Waals surface area contributed by atoms with Crippen LogP contribution >= 0.6 is 11.6 Å². The summed E-state index contributed by atoms with van der Waals surface area (Å²) in [6, 6.07) is 12.4. The second-order valence-electron chi connectivity index (χ2n) is 6.32. The smallest absolute Gasteiger partial charge is 0.110 e. The van der Waals surface area contributed by atoms with E-state index in [9.17, 15) is 15.3 Å². The van der Waals surface area contributed by atoms with Gasteiger partial charge in [-0.2, -0.15) is 0 Å². The third-order valence-electron chi connectivity index (χ3n) is 4.22. The van der Waals surface area contributed by atoms with Crippen molar-refractivity contribution in [1.82, 2.24) is 0 Å². The quantitative estimate of drug-likeness (QED) is 0.407. The number of halogens is 1. The van der Waals surface area contributed by atoms with E-state index in [0.717, 1.165) is 11.1 Å².